The molecule has 0 spiro atoms. The molecule has 0 radical (unpaired) electrons. The van der Waals surface area contributed by atoms with Crippen molar-refractivity contribution >= 4 is 28.3 Å². The number of esters is 1. The van der Waals surface area contributed by atoms with E-state index in [2.05, 4.69) is 25.8 Å². The fourth-order valence-corrected chi connectivity index (χ4v) is 3.62. The minimum Gasteiger partial charge on any atom is -0.464 e. The molecule has 0 bridgehead atoms. The van der Waals surface area contributed by atoms with Crippen molar-refractivity contribution in [3.63, 3.8) is 0 Å². The van der Waals surface area contributed by atoms with E-state index < -0.39 is 12.0 Å². The molecule has 10 heteroatoms. The normalized spacial score (nSPS) is 12.0. The number of anilines is 1. The zero-order valence-electron chi connectivity index (χ0n) is 15.7. The summed E-state index contributed by atoms with van der Waals surface area (Å²) < 4.78 is 6.20. The van der Waals surface area contributed by atoms with Gasteiger partial charge < -0.3 is 10.1 Å². The number of benzene rings is 1. The van der Waals surface area contributed by atoms with Crippen molar-refractivity contribution in [2.24, 2.45) is 0 Å². The third kappa shape index (κ3) is 4.39. The second-order valence-corrected chi connectivity index (χ2v) is 7.39. The Hall–Kier alpha value is -3.14. The highest BCUT2D eigenvalue weighted by Gasteiger charge is 2.26. The molecule has 2 aromatic heterocycles. The summed E-state index contributed by atoms with van der Waals surface area (Å²) in [4.78, 5) is 30.0. The van der Waals surface area contributed by atoms with E-state index in [9.17, 15) is 9.59 Å². The van der Waals surface area contributed by atoms with Gasteiger partial charge in [-0.05, 0) is 21.9 Å². The largest absolute Gasteiger partial charge is 0.464 e. The van der Waals surface area contributed by atoms with Gasteiger partial charge in [-0.3, -0.25) is 4.79 Å². The molecule has 0 aliphatic carbocycles. The fourth-order valence-electron chi connectivity index (χ4n) is 2.66. The van der Waals surface area contributed by atoms with Gasteiger partial charge in [0.1, 0.15) is 12.4 Å². The molecule has 1 N–H and O–H groups in total. The van der Waals surface area contributed by atoms with Gasteiger partial charge >= 0.3 is 5.97 Å². The van der Waals surface area contributed by atoms with E-state index >= 15 is 0 Å². The summed E-state index contributed by atoms with van der Waals surface area (Å²) in [7, 11) is 1.30. The van der Waals surface area contributed by atoms with Crippen LogP contribution in [0.5, 0.6) is 0 Å². The molecule has 28 heavy (non-hydrogen) atoms. The Morgan fingerprint density at radius 3 is 2.61 bits per heavy atom. The van der Waals surface area contributed by atoms with Gasteiger partial charge in [0.05, 0.1) is 7.11 Å². The van der Waals surface area contributed by atoms with Gasteiger partial charge in [0.2, 0.25) is 0 Å². The molecule has 0 saturated heterocycles. The highest BCUT2D eigenvalue weighted by atomic mass is 32.1. The van der Waals surface area contributed by atoms with Crippen LogP contribution in [-0.2, 0) is 16.0 Å². The minimum absolute atomic E-state index is 0.0666. The van der Waals surface area contributed by atoms with Gasteiger partial charge in [0.15, 0.2) is 10.8 Å². The van der Waals surface area contributed by atoms with Crippen LogP contribution in [0.3, 0.4) is 0 Å². The molecular weight excluding hydrogens is 380 g/mol. The maximum Gasteiger partial charge on any atom is 0.357 e. The molecule has 0 saturated carbocycles. The van der Waals surface area contributed by atoms with E-state index in [1.807, 2.05) is 44.2 Å². The average Bonchev–Trinajstić information content (AvgIpc) is 3.36. The second kappa shape index (κ2) is 8.70. The van der Waals surface area contributed by atoms with Crippen LogP contribution in [0.4, 0.5) is 5.13 Å². The average molecular weight is 400 g/mol. The van der Waals surface area contributed by atoms with E-state index in [0.717, 1.165) is 10.4 Å². The summed E-state index contributed by atoms with van der Waals surface area (Å²) in [6.45, 7) is 3.90. The van der Waals surface area contributed by atoms with Crippen molar-refractivity contribution in [3.05, 3.63) is 52.8 Å². The Labute approximate surface area is 165 Å². The maximum atomic E-state index is 13.0. The zero-order valence-corrected chi connectivity index (χ0v) is 16.5. The lowest BCUT2D eigenvalue weighted by atomic mass is 10.1. The predicted octanol–water partition coefficient (Wildman–Crippen LogP) is 2.46. The van der Waals surface area contributed by atoms with E-state index in [1.54, 1.807) is 0 Å². The highest BCUT2D eigenvalue weighted by Crippen LogP contribution is 2.31. The van der Waals surface area contributed by atoms with Gasteiger partial charge in [0, 0.05) is 11.3 Å². The van der Waals surface area contributed by atoms with Gasteiger partial charge in [-0.25, -0.2) is 14.5 Å². The third-order valence-electron chi connectivity index (χ3n) is 4.05. The number of tetrazole rings is 1. The Balaban J connectivity index is 1.85. The number of nitrogens with one attached hydrogen (secondary N) is 1. The van der Waals surface area contributed by atoms with Crippen molar-refractivity contribution in [1.82, 2.24) is 25.2 Å². The topological polar surface area (TPSA) is 112 Å². The molecule has 1 atom stereocenters. The lowest BCUT2D eigenvalue weighted by Gasteiger charge is -2.15. The van der Waals surface area contributed by atoms with Gasteiger partial charge in [-0.15, -0.1) is 16.4 Å². The van der Waals surface area contributed by atoms with Crippen LogP contribution in [-0.4, -0.2) is 44.2 Å². The van der Waals surface area contributed by atoms with Crippen LogP contribution in [0.1, 0.15) is 46.7 Å². The number of hydrogen-bond acceptors (Lipinski definition) is 8. The lowest BCUT2D eigenvalue weighted by Crippen LogP contribution is -2.28. The fraction of sp³-hybridized carbons (Fsp3) is 0.333. The van der Waals surface area contributed by atoms with Crippen LogP contribution in [0.25, 0.3) is 0 Å². The van der Waals surface area contributed by atoms with Crippen molar-refractivity contribution in [2.45, 2.75) is 32.2 Å². The molecule has 2 heterocycles. The minimum atomic E-state index is -0.662. The number of rotatable bonds is 7. The SMILES string of the molecule is COC(=O)c1nc(NC(=O)[C@@H](Cc2ccccc2)n2cnnn2)sc1C(C)C. The van der Waals surface area contributed by atoms with E-state index in [0.29, 0.717) is 11.6 Å². The number of hydrogen-bond donors (Lipinski definition) is 1. The molecule has 9 nitrogen and oxygen atoms in total. The second-order valence-electron chi connectivity index (χ2n) is 6.36. The summed E-state index contributed by atoms with van der Waals surface area (Å²) in [6.07, 6.45) is 1.80. The van der Waals surface area contributed by atoms with E-state index in [-0.39, 0.29) is 17.5 Å². The maximum absolute atomic E-state index is 13.0. The first-order valence-corrected chi connectivity index (χ1v) is 9.47. The number of carbonyl (C=O) groups excluding carboxylic acids is 2. The molecule has 0 fully saturated rings. The quantitative estimate of drug-likeness (QED) is 0.606. The lowest BCUT2D eigenvalue weighted by molar-refractivity contribution is -0.119. The Morgan fingerprint density at radius 2 is 2.00 bits per heavy atom. The number of thiazole rings is 1. The molecule has 0 aliphatic rings. The molecule has 3 aromatic rings. The standard InChI is InChI=1S/C18H20N6O3S/c1-11(2)15-14(17(26)27-3)20-18(28-15)21-16(25)13(24-10-19-22-23-24)9-12-7-5-4-6-8-12/h4-8,10-11,13H,9H2,1-3H3,(H,20,21,25)/t13-/m1/s1. The molecule has 3 rings (SSSR count). The van der Waals surface area contributed by atoms with E-state index in [4.69, 9.17) is 4.74 Å². The number of ether oxygens (including phenoxy) is 1. The summed E-state index contributed by atoms with van der Waals surface area (Å²) in [5, 5.41) is 14.3. The van der Waals surface area contributed by atoms with Crippen LogP contribution in [0, 0.1) is 0 Å². The predicted molar refractivity (Wildman–Crippen MR) is 103 cm³/mol. The monoisotopic (exact) mass is 400 g/mol. The van der Waals surface area contributed by atoms with Crippen molar-refractivity contribution in [1.29, 1.82) is 0 Å². The molecular formula is C18H20N6O3S. The molecule has 0 aliphatic heterocycles. The molecule has 1 aromatic carbocycles. The number of nitrogens with zero attached hydrogens (tertiary/aromatic N) is 5. The smallest absolute Gasteiger partial charge is 0.357 e. The number of aromatic nitrogens is 5. The van der Waals surface area contributed by atoms with Gasteiger partial charge in [-0.2, -0.15) is 0 Å². The first kappa shape index (κ1) is 19.6. The first-order valence-electron chi connectivity index (χ1n) is 8.66. The zero-order chi connectivity index (χ0) is 20.1. The Bertz CT molecular complexity index is 940. The summed E-state index contributed by atoms with van der Waals surface area (Å²) in [5.41, 5.74) is 1.19. The summed E-state index contributed by atoms with van der Waals surface area (Å²) >= 11 is 1.26. The number of amides is 1. The summed E-state index contributed by atoms with van der Waals surface area (Å²) in [5.74, 6) is -0.782. The first-order chi connectivity index (χ1) is 13.5. The molecule has 1 amide bonds. The van der Waals surface area contributed by atoms with Gasteiger partial charge in [-0.1, -0.05) is 44.2 Å². The Kier molecular flexibility index (Phi) is 6.09. The number of carbonyl (C=O) groups is 2. The third-order valence-corrected chi connectivity index (χ3v) is 5.32. The van der Waals surface area contributed by atoms with E-state index in [1.165, 1.54) is 29.5 Å². The van der Waals surface area contributed by atoms with Crippen molar-refractivity contribution in [2.75, 3.05) is 12.4 Å². The highest BCUT2D eigenvalue weighted by molar-refractivity contribution is 7.16. The molecule has 0 unspecified atom stereocenters. The molecule has 146 valence electrons. The van der Waals surface area contributed by atoms with Crippen LogP contribution in [0.2, 0.25) is 0 Å². The van der Waals surface area contributed by atoms with Gasteiger partial charge in [0.25, 0.3) is 5.91 Å². The Morgan fingerprint density at radius 1 is 1.25 bits per heavy atom. The van der Waals surface area contributed by atoms with Crippen LogP contribution < -0.4 is 5.32 Å². The summed E-state index contributed by atoms with van der Waals surface area (Å²) in [6, 6.07) is 8.92. The van der Waals surface area contributed by atoms with Crippen LogP contribution in [0.15, 0.2) is 36.7 Å². The van der Waals surface area contributed by atoms with Crippen LogP contribution >= 0.6 is 11.3 Å². The van der Waals surface area contributed by atoms with Crippen molar-refractivity contribution in [3.8, 4) is 0 Å². The van der Waals surface area contributed by atoms with Crippen molar-refractivity contribution < 1.29 is 14.3 Å². The number of methoxy groups -OCH3 is 1.